The third kappa shape index (κ3) is 6.22. The van der Waals surface area contributed by atoms with Crippen molar-refractivity contribution in [3.8, 4) is 0 Å². The van der Waals surface area contributed by atoms with E-state index >= 15 is 0 Å². The predicted octanol–water partition coefficient (Wildman–Crippen LogP) is 0.105. The fourth-order valence-electron chi connectivity index (χ4n) is 3.30. The van der Waals surface area contributed by atoms with E-state index in [1.54, 1.807) is 15.9 Å². The van der Waals surface area contributed by atoms with E-state index in [1.165, 1.54) is 25.5 Å². The number of hydrogen-bond acceptors (Lipinski definition) is 6. The summed E-state index contributed by atoms with van der Waals surface area (Å²) in [6.07, 6.45) is 3.52. The molecule has 0 radical (unpaired) electrons. The average molecular weight is 426 g/mol. The lowest BCUT2D eigenvalue weighted by atomic mass is 10.3. The highest BCUT2D eigenvalue weighted by atomic mass is 32.2. The average Bonchev–Trinajstić information content (AvgIpc) is 2.95. The maximum absolute atomic E-state index is 12.7. The summed E-state index contributed by atoms with van der Waals surface area (Å²) in [7, 11) is -2.37. The third-order valence-corrected chi connectivity index (χ3v) is 6.90. The Bertz CT molecular complexity index is 783. The van der Waals surface area contributed by atoms with Crippen LogP contribution in [0, 0.1) is 0 Å². The van der Waals surface area contributed by atoms with E-state index < -0.39 is 10.0 Å². The highest BCUT2D eigenvalue weighted by molar-refractivity contribution is 7.89. The summed E-state index contributed by atoms with van der Waals surface area (Å²) in [6.45, 7) is 7.77. The monoisotopic (exact) mass is 425 g/mol. The molecule has 1 saturated heterocycles. The van der Waals surface area contributed by atoms with Crippen molar-refractivity contribution in [2.75, 3.05) is 59.4 Å². The van der Waals surface area contributed by atoms with Gasteiger partial charge in [0.1, 0.15) is 4.90 Å². The molecule has 1 aromatic rings. The standard InChI is InChI=1S/C19H31N5O4S/c1-4-23(5-2)19(26)16-22-10-7-11-24(13-12-22)18(25)15-21(3)29(27,28)17-8-6-9-20-14-17/h6,8-9,14H,4-5,7,10-13,15-16H2,1-3H3. The minimum absolute atomic E-state index is 0.0623. The molecule has 2 heterocycles. The number of rotatable bonds is 8. The van der Waals surface area contributed by atoms with Crippen molar-refractivity contribution in [2.45, 2.75) is 25.2 Å². The van der Waals surface area contributed by atoms with Gasteiger partial charge in [0.25, 0.3) is 0 Å². The smallest absolute Gasteiger partial charge is 0.244 e. The second-order valence-electron chi connectivity index (χ2n) is 7.03. The highest BCUT2D eigenvalue weighted by Gasteiger charge is 2.27. The van der Waals surface area contributed by atoms with Gasteiger partial charge in [-0.3, -0.25) is 19.5 Å². The zero-order chi connectivity index (χ0) is 21.4. The molecule has 1 aromatic heterocycles. The Balaban J connectivity index is 1.91. The Kier molecular flexibility index (Phi) is 8.54. The van der Waals surface area contributed by atoms with Crippen LogP contribution >= 0.6 is 0 Å². The Morgan fingerprint density at radius 1 is 1.14 bits per heavy atom. The molecule has 2 rings (SSSR count). The van der Waals surface area contributed by atoms with E-state index in [9.17, 15) is 18.0 Å². The second kappa shape index (κ2) is 10.7. The van der Waals surface area contributed by atoms with Gasteiger partial charge in [0.2, 0.25) is 21.8 Å². The van der Waals surface area contributed by atoms with E-state index in [-0.39, 0.29) is 23.3 Å². The molecule has 0 bridgehead atoms. The number of aromatic nitrogens is 1. The van der Waals surface area contributed by atoms with Crippen molar-refractivity contribution in [2.24, 2.45) is 0 Å². The van der Waals surface area contributed by atoms with Gasteiger partial charge < -0.3 is 9.80 Å². The molecular weight excluding hydrogens is 394 g/mol. The minimum atomic E-state index is -3.76. The number of nitrogens with zero attached hydrogens (tertiary/aromatic N) is 5. The van der Waals surface area contributed by atoms with Crippen molar-refractivity contribution >= 4 is 21.8 Å². The topological polar surface area (TPSA) is 94.1 Å². The minimum Gasteiger partial charge on any atom is -0.342 e. The molecule has 1 aliphatic heterocycles. The molecule has 9 nitrogen and oxygen atoms in total. The Morgan fingerprint density at radius 3 is 2.48 bits per heavy atom. The first-order valence-corrected chi connectivity index (χ1v) is 11.4. The summed E-state index contributed by atoms with van der Waals surface area (Å²) in [5.74, 6) is -0.144. The zero-order valence-electron chi connectivity index (χ0n) is 17.5. The summed E-state index contributed by atoms with van der Waals surface area (Å²) in [4.78, 5) is 34.4. The quantitative estimate of drug-likeness (QED) is 0.587. The van der Waals surface area contributed by atoms with E-state index in [1.807, 2.05) is 13.8 Å². The van der Waals surface area contributed by atoms with Gasteiger partial charge in [-0.1, -0.05) is 0 Å². The molecule has 1 aliphatic rings. The van der Waals surface area contributed by atoms with Crippen molar-refractivity contribution in [1.29, 1.82) is 0 Å². The van der Waals surface area contributed by atoms with E-state index in [2.05, 4.69) is 9.88 Å². The van der Waals surface area contributed by atoms with Crippen LogP contribution in [0.15, 0.2) is 29.4 Å². The number of amides is 2. The molecule has 10 heteroatoms. The molecule has 0 aliphatic carbocycles. The van der Waals surface area contributed by atoms with Crippen LogP contribution < -0.4 is 0 Å². The van der Waals surface area contributed by atoms with Crippen LogP contribution in [-0.4, -0.2) is 104 Å². The van der Waals surface area contributed by atoms with Crippen LogP contribution in [0.4, 0.5) is 0 Å². The lowest BCUT2D eigenvalue weighted by Crippen LogP contribution is -2.44. The SMILES string of the molecule is CCN(CC)C(=O)CN1CCCN(C(=O)CN(C)S(=O)(=O)c2cccnc2)CC1. The first-order valence-electron chi connectivity index (χ1n) is 9.93. The first-order chi connectivity index (χ1) is 13.8. The zero-order valence-corrected chi connectivity index (χ0v) is 18.3. The number of pyridine rings is 1. The first kappa shape index (κ1) is 23.2. The van der Waals surface area contributed by atoms with Crippen LogP contribution in [0.5, 0.6) is 0 Å². The van der Waals surface area contributed by atoms with Gasteiger partial charge in [0, 0.05) is 58.7 Å². The van der Waals surface area contributed by atoms with Gasteiger partial charge in [0.15, 0.2) is 0 Å². The Labute approximate surface area is 173 Å². The molecule has 0 N–H and O–H groups in total. The molecule has 0 unspecified atom stereocenters. The van der Waals surface area contributed by atoms with Gasteiger partial charge in [-0.2, -0.15) is 4.31 Å². The summed E-state index contributed by atoms with van der Waals surface area (Å²) in [6, 6.07) is 3.01. The fourth-order valence-corrected chi connectivity index (χ4v) is 4.39. The fraction of sp³-hybridized carbons (Fsp3) is 0.632. The number of carbonyl (C=O) groups excluding carboxylic acids is 2. The van der Waals surface area contributed by atoms with Crippen LogP contribution in [0.1, 0.15) is 20.3 Å². The summed E-state index contributed by atoms with van der Waals surface area (Å²) in [5.41, 5.74) is 0. The molecule has 0 saturated carbocycles. The largest absolute Gasteiger partial charge is 0.342 e. The summed E-state index contributed by atoms with van der Waals surface area (Å²) >= 11 is 0. The third-order valence-electron chi connectivity index (χ3n) is 5.12. The van der Waals surface area contributed by atoms with Gasteiger partial charge in [0.05, 0.1) is 13.1 Å². The maximum atomic E-state index is 12.7. The van der Waals surface area contributed by atoms with Gasteiger partial charge in [-0.05, 0) is 32.4 Å². The molecule has 0 spiro atoms. The van der Waals surface area contributed by atoms with Crippen molar-refractivity contribution in [1.82, 2.24) is 24.0 Å². The summed E-state index contributed by atoms with van der Waals surface area (Å²) < 4.78 is 26.2. The lowest BCUT2D eigenvalue weighted by Gasteiger charge is -2.26. The van der Waals surface area contributed by atoms with Crippen LogP contribution in [0.2, 0.25) is 0 Å². The Hall–Kier alpha value is -2.04. The number of hydrogen-bond donors (Lipinski definition) is 0. The predicted molar refractivity (Wildman–Crippen MR) is 110 cm³/mol. The number of sulfonamides is 1. The van der Waals surface area contributed by atoms with Gasteiger partial charge in [-0.15, -0.1) is 0 Å². The van der Waals surface area contributed by atoms with E-state index in [0.717, 1.165) is 17.3 Å². The summed E-state index contributed by atoms with van der Waals surface area (Å²) in [5, 5.41) is 0. The normalized spacial score (nSPS) is 15.9. The van der Waals surface area contributed by atoms with E-state index in [4.69, 9.17) is 0 Å². The molecular formula is C19H31N5O4S. The number of likely N-dealkylation sites (N-methyl/N-ethyl adjacent to an activating group) is 2. The van der Waals surface area contributed by atoms with Crippen LogP contribution in [0.3, 0.4) is 0 Å². The molecule has 2 amide bonds. The van der Waals surface area contributed by atoms with Crippen molar-refractivity contribution < 1.29 is 18.0 Å². The molecule has 29 heavy (non-hydrogen) atoms. The maximum Gasteiger partial charge on any atom is 0.244 e. The van der Waals surface area contributed by atoms with Crippen molar-refractivity contribution in [3.05, 3.63) is 24.5 Å². The van der Waals surface area contributed by atoms with Crippen molar-refractivity contribution in [3.63, 3.8) is 0 Å². The Morgan fingerprint density at radius 2 is 1.86 bits per heavy atom. The highest BCUT2D eigenvalue weighted by Crippen LogP contribution is 2.13. The molecule has 0 atom stereocenters. The van der Waals surface area contributed by atoms with Crippen LogP contribution in [-0.2, 0) is 19.6 Å². The molecule has 0 aromatic carbocycles. The molecule has 1 fully saturated rings. The van der Waals surface area contributed by atoms with E-state index in [0.29, 0.717) is 39.3 Å². The van der Waals surface area contributed by atoms with Crippen LogP contribution in [0.25, 0.3) is 0 Å². The lowest BCUT2D eigenvalue weighted by molar-refractivity contribution is -0.132. The van der Waals surface area contributed by atoms with Gasteiger partial charge in [-0.25, -0.2) is 8.42 Å². The number of carbonyl (C=O) groups is 2. The molecule has 162 valence electrons. The van der Waals surface area contributed by atoms with Gasteiger partial charge >= 0.3 is 0 Å². The second-order valence-corrected chi connectivity index (χ2v) is 9.07.